The van der Waals surface area contributed by atoms with Crippen LogP contribution in [-0.4, -0.2) is 39.5 Å². The van der Waals surface area contributed by atoms with Gasteiger partial charge in [-0.3, -0.25) is 14.3 Å². The highest BCUT2D eigenvalue weighted by atomic mass is 16.2. The average molecular weight is 399 g/mol. The monoisotopic (exact) mass is 399 g/mol. The molecule has 2 aromatic carbocycles. The van der Waals surface area contributed by atoms with Crippen molar-refractivity contribution in [2.45, 2.75) is 25.7 Å². The molecule has 1 unspecified atom stereocenters. The first-order valence-corrected chi connectivity index (χ1v) is 10.6. The van der Waals surface area contributed by atoms with Crippen molar-refractivity contribution < 1.29 is 9.59 Å². The van der Waals surface area contributed by atoms with Gasteiger partial charge < -0.3 is 4.90 Å². The number of benzene rings is 2. The predicted molar refractivity (Wildman–Crippen MR) is 117 cm³/mol. The average Bonchev–Trinajstić information content (AvgIpc) is 3.39. The maximum Gasteiger partial charge on any atom is 0.246 e. The third-order valence-electron chi connectivity index (χ3n) is 6.39. The van der Waals surface area contributed by atoms with Crippen LogP contribution in [-0.2, 0) is 24.7 Å². The van der Waals surface area contributed by atoms with Crippen molar-refractivity contribution in [3.05, 3.63) is 71.1 Å². The molecule has 1 fully saturated rings. The van der Waals surface area contributed by atoms with E-state index in [4.69, 9.17) is 0 Å². The van der Waals surface area contributed by atoms with Crippen LogP contribution in [0.1, 0.15) is 39.9 Å². The van der Waals surface area contributed by atoms with Crippen LogP contribution in [0.2, 0.25) is 0 Å². The van der Waals surface area contributed by atoms with Crippen molar-refractivity contribution in [1.82, 2.24) is 14.7 Å². The van der Waals surface area contributed by atoms with Gasteiger partial charge in [0.1, 0.15) is 0 Å². The van der Waals surface area contributed by atoms with Crippen LogP contribution >= 0.6 is 0 Å². The van der Waals surface area contributed by atoms with Gasteiger partial charge in [-0.15, -0.1) is 0 Å². The van der Waals surface area contributed by atoms with Gasteiger partial charge in [0, 0.05) is 49.5 Å². The van der Waals surface area contributed by atoms with Gasteiger partial charge in [0.25, 0.3) is 0 Å². The topological polar surface area (TPSA) is 55.2 Å². The number of nitrogens with zero attached hydrogens (tertiary/aromatic N) is 3. The minimum atomic E-state index is -0.145. The molecule has 3 aromatic rings. The highest BCUT2D eigenvalue weighted by molar-refractivity contribution is 6.11. The van der Waals surface area contributed by atoms with Crippen LogP contribution in [0, 0.1) is 5.92 Å². The van der Waals surface area contributed by atoms with Crippen LogP contribution < -0.4 is 0 Å². The van der Waals surface area contributed by atoms with E-state index in [1.807, 2.05) is 19.3 Å². The molecule has 0 N–H and O–H groups in total. The van der Waals surface area contributed by atoms with E-state index in [2.05, 4.69) is 29.4 Å². The fourth-order valence-corrected chi connectivity index (χ4v) is 4.87. The molecule has 5 nitrogen and oxygen atoms in total. The van der Waals surface area contributed by atoms with Gasteiger partial charge >= 0.3 is 0 Å². The molecule has 2 heterocycles. The molecule has 0 spiro atoms. The molecule has 30 heavy (non-hydrogen) atoms. The number of likely N-dealkylation sites (tertiary alicyclic amines) is 1. The lowest BCUT2D eigenvalue weighted by molar-refractivity contribution is -0.127. The van der Waals surface area contributed by atoms with E-state index in [1.54, 1.807) is 27.9 Å². The number of rotatable bonds is 4. The van der Waals surface area contributed by atoms with Gasteiger partial charge in [0.15, 0.2) is 5.78 Å². The Kier molecular flexibility index (Phi) is 4.74. The lowest BCUT2D eigenvalue weighted by atomic mass is 9.87. The zero-order valence-electron chi connectivity index (χ0n) is 17.2. The molecule has 2 aliphatic rings. The van der Waals surface area contributed by atoms with Gasteiger partial charge in [-0.05, 0) is 53.7 Å². The van der Waals surface area contributed by atoms with Gasteiger partial charge in [0.05, 0.1) is 6.20 Å². The molecule has 0 saturated carbocycles. The Morgan fingerprint density at radius 3 is 2.77 bits per heavy atom. The first-order valence-electron chi connectivity index (χ1n) is 10.6. The number of hydrogen-bond donors (Lipinski definition) is 0. The normalized spacial score (nSPS) is 18.4. The molecular weight excluding hydrogens is 374 g/mol. The number of carbonyl (C=O) groups excluding carboxylic acids is 2. The first kappa shape index (κ1) is 18.8. The van der Waals surface area contributed by atoms with E-state index in [0.717, 1.165) is 42.2 Å². The van der Waals surface area contributed by atoms with Gasteiger partial charge in [0.2, 0.25) is 5.91 Å². The Balaban J connectivity index is 1.35. The summed E-state index contributed by atoms with van der Waals surface area (Å²) in [6, 6.07) is 10.4. The summed E-state index contributed by atoms with van der Waals surface area (Å²) in [7, 11) is 1.85. The number of carbonyl (C=O) groups is 2. The van der Waals surface area contributed by atoms with Gasteiger partial charge in [-0.1, -0.05) is 30.3 Å². The third-order valence-corrected chi connectivity index (χ3v) is 6.39. The summed E-state index contributed by atoms with van der Waals surface area (Å²) < 4.78 is 1.71. The second-order valence-corrected chi connectivity index (χ2v) is 8.38. The van der Waals surface area contributed by atoms with Crippen molar-refractivity contribution in [2.75, 3.05) is 13.1 Å². The summed E-state index contributed by atoms with van der Waals surface area (Å²) in [6.45, 7) is 1.18. The summed E-state index contributed by atoms with van der Waals surface area (Å²) in [4.78, 5) is 27.9. The van der Waals surface area contributed by atoms with E-state index in [9.17, 15) is 9.59 Å². The maximum atomic E-state index is 13.4. The summed E-state index contributed by atoms with van der Waals surface area (Å²) in [5, 5.41) is 6.46. The number of amides is 1. The number of aryl methyl sites for hydroxylation is 3. The van der Waals surface area contributed by atoms with Crippen LogP contribution in [0.15, 0.2) is 48.8 Å². The van der Waals surface area contributed by atoms with Crippen LogP contribution in [0.5, 0.6) is 0 Å². The smallest absolute Gasteiger partial charge is 0.246 e. The second kappa shape index (κ2) is 7.56. The lowest BCUT2D eigenvalue weighted by Gasteiger charge is -2.31. The Bertz CT molecular complexity index is 1160. The summed E-state index contributed by atoms with van der Waals surface area (Å²) in [5.74, 6) is -0.0240. The van der Waals surface area contributed by atoms with Crippen LogP contribution in [0.25, 0.3) is 16.8 Å². The van der Waals surface area contributed by atoms with E-state index in [1.165, 1.54) is 16.5 Å². The quantitative estimate of drug-likeness (QED) is 0.495. The SMILES string of the molecule is Cn1cc(/C=C/C(=O)N2CCCC(C(=O)c3ccc4c5c(cccc35)CC4)C2)cn1. The molecule has 0 radical (unpaired) electrons. The van der Waals surface area contributed by atoms with E-state index < -0.39 is 0 Å². The Labute approximate surface area is 176 Å². The van der Waals surface area contributed by atoms with Gasteiger partial charge in [-0.2, -0.15) is 5.10 Å². The van der Waals surface area contributed by atoms with E-state index >= 15 is 0 Å². The van der Waals surface area contributed by atoms with Crippen molar-refractivity contribution in [3.8, 4) is 0 Å². The zero-order chi connectivity index (χ0) is 20.7. The molecule has 5 heteroatoms. The predicted octanol–water partition coefficient (Wildman–Crippen LogP) is 3.81. The minimum absolute atomic E-state index is 0.0447. The number of aromatic nitrogens is 2. The molecule has 1 aromatic heterocycles. The van der Waals surface area contributed by atoms with E-state index in [-0.39, 0.29) is 17.6 Å². The zero-order valence-corrected chi connectivity index (χ0v) is 17.2. The number of piperidine rings is 1. The molecule has 1 atom stereocenters. The maximum absolute atomic E-state index is 13.4. The number of Topliss-reactive ketones (excluding diaryl/α,β-unsaturated/α-hetero) is 1. The van der Waals surface area contributed by atoms with Crippen molar-refractivity contribution in [1.29, 1.82) is 0 Å². The van der Waals surface area contributed by atoms with Crippen LogP contribution in [0.3, 0.4) is 0 Å². The largest absolute Gasteiger partial charge is 0.338 e. The van der Waals surface area contributed by atoms with Crippen LogP contribution in [0.4, 0.5) is 0 Å². The second-order valence-electron chi connectivity index (χ2n) is 8.38. The van der Waals surface area contributed by atoms with Crippen molar-refractivity contribution >= 4 is 28.5 Å². The standard InChI is InChI=1S/C25H25N3O2/c1-27-15-17(14-26-27)7-12-23(29)28-13-3-5-20(16-28)25(30)22-11-10-19-9-8-18-4-2-6-21(22)24(18)19/h2,4,6-7,10-12,14-15,20H,3,5,8-9,13,16H2,1H3/b12-7+. The fraction of sp³-hybridized carbons (Fsp3) is 0.320. The first-order chi connectivity index (χ1) is 14.6. The highest BCUT2D eigenvalue weighted by Crippen LogP contribution is 2.34. The molecule has 5 rings (SSSR count). The lowest BCUT2D eigenvalue weighted by Crippen LogP contribution is -2.41. The van der Waals surface area contributed by atoms with Crippen molar-refractivity contribution in [3.63, 3.8) is 0 Å². The Morgan fingerprint density at radius 2 is 1.97 bits per heavy atom. The third kappa shape index (κ3) is 3.34. The fourth-order valence-electron chi connectivity index (χ4n) is 4.87. The molecule has 152 valence electrons. The highest BCUT2D eigenvalue weighted by Gasteiger charge is 2.30. The molecule has 1 aliphatic carbocycles. The Morgan fingerprint density at radius 1 is 1.13 bits per heavy atom. The molecular formula is C25H25N3O2. The summed E-state index contributed by atoms with van der Waals surface area (Å²) in [5.41, 5.74) is 4.39. The number of ketones is 1. The molecule has 1 amide bonds. The van der Waals surface area contributed by atoms with Gasteiger partial charge in [-0.25, -0.2) is 0 Å². The van der Waals surface area contributed by atoms with Crippen molar-refractivity contribution in [2.24, 2.45) is 13.0 Å². The summed E-state index contributed by atoms with van der Waals surface area (Å²) in [6.07, 6.45) is 10.7. The molecule has 0 bridgehead atoms. The van der Waals surface area contributed by atoms with E-state index in [0.29, 0.717) is 13.1 Å². The minimum Gasteiger partial charge on any atom is -0.338 e. The Hall–Kier alpha value is -3.21. The molecule has 1 saturated heterocycles. The number of hydrogen-bond acceptors (Lipinski definition) is 3. The molecule has 1 aliphatic heterocycles. The summed E-state index contributed by atoms with van der Waals surface area (Å²) >= 11 is 0.